The number of carbonyl (C=O) groups excluding carboxylic acids is 1. The predicted octanol–water partition coefficient (Wildman–Crippen LogP) is 5.40. The first-order chi connectivity index (χ1) is 19.7. The number of halogens is 3. The van der Waals surface area contributed by atoms with Crippen molar-refractivity contribution in [2.45, 2.75) is 31.6 Å². The molecule has 9 nitrogen and oxygen atoms in total. The lowest BCUT2D eigenvalue weighted by molar-refractivity contribution is -0.141. The van der Waals surface area contributed by atoms with Crippen LogP contribution in [0.15, 0.2) is 79.1 Å². The van der Waals surface area contributed by atoms with E-state index in [1.165, 1.54) is 25.0 Å². The third-order valence-corrected chi connectivity index (χ3v) is 6.63. The third-order valence-electron chi connectivity index (χ3n) is 6.63. The van der Waals surface area contributed by atoms with Gasteiger partial charge >= 0.3 is 12.3 Å². The van der Waals surface area contributed by atoms with Crippen LogP contribution in [0.5, 0.6) is 0 Å². The molecule has 0 saturated heterocycles. The molecule has 5 rings (SSSR count). The molecule has 2 aromatic heterocycles. The Morgan fingerprint density at radius 3 is 2.51 bits per heavy atom. The molecule has 0 spiro atoms. The smallest absolute Gasteiger partial charge is 0.435 e. The second-order valence-electron chi connectivity index (χ2n) is 9.80. The van der Waals surface area contributed by atoms with Gasteiger partial charge in [-0.2, -0.15) is 18.3 Å². The molecule has 1 saturated carbocycles. The third kappa shape index (κ3) is 7.09. The summed E-state index contributed by atoms with van der Waals surface area (Å²) in [7, 11) is 0. The molecule has 1 aliphatic carbocycles. The van der Waals surface area contributed by atoms with Crippen LogP contribution in [0.4, 0.5) is 23.7 Å². The number of nitrogens with one attached hydrogen (secondary N) is 3. The molecule has 2 aromatic carbocycles. The van der Waals surface area contributed by atoms with E-state index in [-0.39, 0.29) is 24.0 Å². The van der Waals surface area contributed by atoms with E-state index in [1.807, 2.05) is 18.2 Å². The highest BCUT2D eigenvalue weighted by atomic mass is 19.4. The predicted molar refractivity (Wildman–Crippen MR) is 145 cm³/mol. The molecule has 1 atom stereocenters. The number of nitrogens with zero attached hydrogens (tertiary/aromatic N) is 3. The topological polar surface area (TPSA) is 121 Å². The number of rotatable bonds is 10. The number of pyridine rings is 1. The van der Waals surface area contributed by atoms with Crippen LogP contribution in [0.1, 0.15) is 51.8 Å². The van der Waals surface area contributed by atoms with Crippen LogP contribution in [0.3, 0.4) is 0 Å². The second-order valence-corrected chi connectivity index (χ2v) is 9.80. The molecule has 0 bridgehead atoms. The van der Waals surface area contributed by atoms with Gasteiger partial charge in [0.15, 0.2) is 5.69 Å². The van der Waals surface area contributed by atoms with E-state index in [1.54, 1.807) is 42.7 Å². The molecule has 2 heterocycles. The normalized spacial score (nSPS) is 13.9. The summed E-state index contributed by atoms with van der Waals surface area (Å²) in [6, 6.07) is 17.5. The van der Waals surface area contributed by atoms with Gasteiger partial charge in [0.2, 0.25) is 0 Å². The lowest BCUT2D eigenvalue weighted by Crippen LogP contribution is -2.25. The molecule has 1 unspecified atom stereocenters. The maximum atomic E-state index is 13.6. The number of hydrogen-bond acceptors (Lipinski definition) is 5. The lowest BCUT2D eigenvalue weighted by Gasteiger charge is -2.20. The van der Waals surface area contributed by atoms with Gasteiger partial charge in [-0.05, 0) is 72.3 Å². The molecule has 1 fully saturated rings. The zero-order valence-electron chi connectivity index (χ0n) is 21.7. The summed E-state index contributed by atoms with van der Waals surface area (Å²) in [5, 5.41) is 21.0. The minimum absolute atomic E-state index is 0.0717. The zero-order chi connectivity index (χ0) is 29.0. The van der Waals surface area contributed by atoms with Crippen molar-refractivity contribution in [1.29, 1.82) is 0 Å². The molecule has 1 aliphatic rings. The van der Waals surface area contributed by atoms with Crippen LogP contribution >= 0.6 is 0 Å². The lowest BCUT2D eigenvalue weighted by atomic mass is 9.99. The summed E-state index contributed by atoms with van der Waals surface area (Å²) in [5.41, 5.74) is 1.29. The first kappa shape index (κ1) is 27.8. The van der Waals surface area contributed by atoms with Crippen LogP contribution < -0.4 is 16.0 Å². The van der Waals surface area contributed by atoms with Crippen LogP contribution in [-0.2, 0) is 12.7 Å². The number of benzene rings is 2. The SMILES string of the molecule is O=C(O)NCc1cccc(-n2nc(C(F)(F)F)cc2C(=O)Nc2cccc(C(NCC3CC3)c3cccnc3)c2)c1. The summed E-state index contributed by atoms with van der Waals surface area (Å²) >= 11 is 0. The van der Waals surface area contributed by atoms with Gasteiger partial charge in [-0.15, -0.1) is 0 Å². The molecule has 0 radical (unpaired) electrons. The minimum atomic E-state index is -4.78. The van der Waals surface area contributed by atoms with Crippen LogP contribution in [0.25, 0.3) is 5.69 Å². The first-order valence-electron chi connectivity index (χ1n) is 13.0. The van der Waals surface area contributed by atoms with Gasteiger partial charge in [-0.1, -0.05) is 30.3 Å². The highest BCUT2D eigenvalue weighted by molar-refractivity contribution is 6.03. The Bertz CT molecular complexity index is 1540. The van der Waals surface area contributed by atoms with Crippen LogP contribution in [0, 0.1) is 5.92 Å². The Balaban J connectivity index is 1.43. The maximum absolute atomic E-state index is 13.6. The van der Waals surface area contributed by atoms with Crippen molar-refractivity contribution in [3.05, 3.63) is 107 Å². The second kappa shape index (κ2) is 11.8. The largest absolute Gasteiger partial charge is 0.465 e. The van der Waals surface area contributed by atoms with Crippen molar-refractivity contribution in [2.24, 2.45) is 5.92 Å². The Labute approximate surface area is 233 Å². The molecule has 212 valence electrons. The zero-order valence-corrected chi connectivity index (χ0v) is 21.7. The van der Waals surface area contributed by atoms with Gasteiger partial charge in [0.25, 0.3) is 5.91 Å². The number of carbonyl (C=O) groups is 2. The summed E-state index contributed by atoms with van der Waals surface area (Å²) in [6.45, 7) is 0.758. The minimum Gasteiger partial charge on any atom is -0.465 e. The average molecular weight is 565 g/mol. The van der Waals surface area contributed by atoms with Crippen molar-refractivity contribution in [2.75, 3.05) is 11.9 Å². The van der Waals surface area contributed by atoms with Gasteiger partial charge in [-0.3, -0.25) is 9.78 Å². The fourth-order valence-electron chi connectivity index (χ4n) is 4.43. The Morgan fingerprint density at radius 1 is 1.02 bits per heavy atom. The highest BCUT2D eigenvalue weighted by Gasteiger charge is 2.36. The molecule has 0 aliphatic heterocycles. The molecular formula is C29H27F3N6O3. The van der Waals surface area contributed by atoms with Crippen molar-refractivity contribution in [3.8, 4) is 5.69 Å². The summed E-state index contributed by atoms with van der Waals surface area (Å²) in [4.78, 5) is 28.5. The Morgan fingerprint density at radius 2 is 1.80 bits per heavy atom. The fraction of sp³-hybridized carbons (Fsp3) is 0.241. The van der Waals surface area contributed by atoms with Crippen molar-refractivity contribution in [3.63, 3.8) is 0 Å². The number of aromatic nitrogens is 3. The maximum Gasteiger partial charge on any atom is 0.435 e. The van der Waals surface area contributed by atoms with E-state index in [0.29, 0.717) is 23.2 Å². The number of amides is 2. The number of anilines is 1. The van der Waals surface area contributed by atoms with E-state index in [9.17, 15) is 22.8 Å². The molecule has 4 aromatic rings. The number of hydrogen-bond donors (Lipinski definition) is 4. The van der Waals surface area contributed by atoms with Gasteiger partial charge in [-0.25, -0.2) is 9.48 Å². The van der Waals surface area contributed by atoms with E-state index < -0.39 is 23.9 Å². The van der Waals surface area contributed by atoms with E-state index in [2.05, 4.69) is 26.0 Å². The van der Waals surface area contributed by atoms with Crippen LogP contribution in [-0.4, -0.2) is 38.4 Å². The van der Waals surface area contributed by atoms with Gasteiger partial charge in [0.05, 0.1) is 11.7 Å². The first-order valence-corrected chi connectivity index (χ1v) is 13.0. The average Bonchev–Trinajstić information content (AvgIpc) is 3.66. The van der Waals surface area contributed by atoms with E-state index in [4.69, 9.17) is 5.11 Å². The summed E-state index contributed by atoms with van der Waals surface area (Å²) in [5.74, 6) is -0.165. The van der Waals surface area contributed by atoms with E-state index >= 15 is 0 Å². The fourth-order valence-corrected chi connectivity index (χ4v) is 4.43. The van der Waals surface area contributed by atoms with Gasteiger partial charge in [0, 0.05) is 30.7 Å². The Kier molecular flexibility index (Phi) is 8.02. The molecule has 12 heteroatoms. The van der Waals surface area contributed by atoms with E-state index in [0.717, 1.165) is 22.4 Å². The van der Waals surface area contributed by atoms with Gasteiger partial charge < -0.3 is 21.1 Å². The highest BCUT2D eigenvalue weighted by Crippen LogP contribution is 2.32. The van der Waals surface area contributed by atoms with Crippen LogP contribution in [0.2, 0.25) is 0 Å². The van der Waals surface area contributed by atoms with Crippen molar-refractivity contribution in [1.82, 2.24) is 25.4 Å². The summed E-state index contributed by atoms with van der Waals surface area (Å²) < 4.78 is 41.8. The van der Waals surface area contributed by atoms with Crippen molar-refractivity contribution < 1.29 is 27.9 Å². The number of carboxylic acid groups (broad SMARTS) is 1. The summed E-state index contributed by atoms with van der Waals surface area (Å²) in [6.07, 6.45) is -0.218. The Hall–Kier alpha value is -4.71. The monoisotopic (exact) mass is 564 g/mol. The standard InChI is InChI=1S/C29H27F3N6O3/c30-29(31,32)25-14-24(38(37-25)23-8-1-4-19(12-23)16-35-28(40)41)27(39)36-22-7-2-5-20(13-22)26(34-15-18-9-10-18)21-6-3-11-33-17-21/h1-8,11-14,17-18,26,34-35H,9-10,15-16H2,(H,36,39)(H,40,41). The number of alkyl halides is 3. The van der Waals surface area contributed by atoms with Crippen molar-refractivity contribution >= 4 is 17.7 Å². The molecule has 4 N–H and O–H groups in total. The molecular weight excluding hydrogens is 537 g/mol. The molecule has 2 amide bonds. The molecule has 41 heavy (non-hydrogen) atoms. The quantitative estimate of drug-likeness (QED) is 0.205. The van der Waals surface area contributed by atoms with Gasteiger partial charge in [0.1, 0.15) is 5.69 Å².